The Labute approximate surface area is 200 Å². The molecule has 1 atom stereocenters. The first kappa shape index (κ1) is 23.6. The number of rotatable bonds is 5. The van der Waals surface area contributed by atoms with Gasteiger partial charge in [0.2, 0.25) is 5.95 Å². The molecular weight excluding hydrogens is 460 g/mol. The van der Waals surface area contributed by atoms with E-state index in [4.69, 9.17) is 17.3 Å². The topological polar surface area (TPSA) is 128 Å². The van der Waals surface area contributed by atoms with Crippen LogP contribution in [0.4, 0.5) is 5.95 Å². The van der Waals surface area contributed by atoms with Crippen molar-refractivity contribution < 1.29 is 9.90 Å². The normalized spacial score (nSPS) is 15.9. The van der Waals surface area contributed by atoms with Crippen LogP contribution in [0.25, 0.3) is 11.2 Å². The number of carboxylic acids is 1. The molecule has 0 spiro atoms. The molecule has 1 aromatic carbocycles. The number of nitrogens with two attached hydrogens (primary N) is 1. The van der Waals surface area contributed by atoms with Crippen LogP contribution in [-0.4, -0.2) is 48.9 Å². The maximum atomic E-state index is 13.6. The van der Waals surface area contributed by atoms with Gasteiger partial charge in [-0.1, -0.05) is 23.6 Å². The summed E-state index contributed by atoms with van der Waals surface area (Å²) in [5.74, 6) is 5.16. The van der Waals surface area contributed by atoms with E-state index in [2.05, 4.69) is 16.8 Å². The summed E-state index contributed by atoms with van der Waals surface area (Å²) in [5, 5.41) is 9.82. The number of benzene rings is 1. The largest absolute Gasteiger partial charge is 0.478 e. The predicted octanol–water partition coefficient (Wildman–Crippen LogP) is 1.25. The van der Waals surface area contributed by atoms with Crippen LogP contribution in [0, 0.1) is 11.8 Å². The van der Waals surface area contributed by atoms with Crippen molar-refractivity contribution >= 4 is 34.7 Å². The van der Waals surface area contributed by atoms with Gasteiger partial charge < -0.3 is 15.7 Å². The number of carboxylic acid groups (broad SMARTS) is 1. The molecule has 0 amide bonds. The first-order chi connectivity index (χ1) is 16.2. The van der Waals surface area contributed by atoms with E-state index in [0.717, 1.165) is 24.0 Å². The summed E-state index contributed by atoms with van der Waals surface area (Å²) in [6.45, 7) is 3.00. The fourth-order valence-electron chi connectivity index (χ4n) is 4.30. The van der Waals surface area contributed by atoms with Gasteiger partial charge in [-0.25, -0.2) is 9.59 Å². The Morgan fingerprint density at radius 2 is 2.09 bits per heavy atom. The van der Waals surface area contributed by atoms with Gasteiger partial charge in [0.1, 0.15) is 0 Å². The van der Waals surface area contributed by atoms with Crippen molar-refractivity contribution in [3.8, 4) is 11.8 Å². The first-order valence-corrected chi connectivity index (χ1v) is 11.2. The summed E-state index contributed by atoms with van der Waals surface area (Å²) in [4.78, 5) is 45.2. The van der Waals surface area contributed by atoms with E-state index in [9.17, 15) is 19.5 Å². The Morgan fingerprint density at radius 1 is 1.32 bits per heavy atom. The zero-order valence-electron chi connectivity index (χ0n) is 18.9. The van der Waals surface area contributed by atoms with Crippen LogP contribution in [0.1, 0.15) is 35.7 Å². The van der Waals surface area contributed by atoms with Gasteiger partial charge in [-0.05, 0) is 37.5 Å². The summed E-state index contributed by atoms with van der Waals surface area (Å²) in [7, 11) is 1.54. The van der Waals surface area contributed by atoms with E-state index in [1.54, 1.807) is 11.5 Å². The average Bonchev–Trinajstić information content (AvgIpc) is 3.19. The molecule has 1 aliphatic heterocycles. The molecule has 1 fully saturated rings. The van der Waals surface area contributed by atoms with Crippen molar-refractivity contribution in [1.82, 2.24) is 18.7 Å². The van der Waals surface area contributed by atoms with Crippen molar-refractivity contribution in [2.24, 2.45) is 12.8 Å². The summed E-state index contributed by atoms with van der Waals surface area (Å²) in [6, 6.07) is 4.31. The number of halogens is 1. The number of aryl methyl sites for hydroxylation is 1. The Bertz CT molecular complexity index is 1460. The lowest BCUT2D eigenvalue weighted by atomic mass is 10.1. The van der Waals surface area contributed by atoms with Gasteiger partial charge in [0, 0.05) is 31.2 Å². The Hall–Kier alpha value is -3.55. The number of hydrogen-bond acceptors (Lipinski definition) is 6. The summed E-state index contributed by atoms with van der Waals surface area (Å²) < 4.78 is 4.03. The van der Waals surface area contributed by atoms with Crippen LogP contribution in [0.15, 0.2) is 27.8 Å². The molecule has 1 aliphatic rings. The van der Waals surface area contributed by atoms with Crippen LogP contribution >= 0.6 is 11.6 Å². The summed E-state index contributed by atoms with van der Waals surface area (Å²) >= 11 is 5.95. The first-order valence-electron chi connectivity index (χ1n) is 10.8. The highest BCUT2D eigenvalue weighted by atomic mass is 35.5. The number of hydrogen-bond donors (Lipinski definition) is 2. The van der Waals surface area contributed by atoms with E-state index < -0.39 is 17.2 Å². The third-order valence-corrected chi connectivity index (χ3v) is 6.23. The molecule has 11 heteroatoms. The fourth-order valence-corrected chi connectivity index (χ4v) is 4.47. The van der Waals surface area contributed by atoms with E-state index in [-0.39, 0.29) is 46.4 Å². The van der Waals surface area contributed by atoms with Gasteiger partial charge >= 0.3 is 11.7 Å². The maximum Gasteiger partial charge on any atom is 0.336 e. The highest BCUT2D eigenvalue weighted by Crippen LogP contribution is 2.23. The van der Waals surface area contributed by atoms with Gasteiger partial charge in [0.05, 0.1) is 18.7 Å². The number of piperidine rings is 1. The molecule has 34 heavy (non-hydrogen) atoms. The fraction of sp³-hybridized carbons (Fsp3) is 0.391. The third kappa shape index (κ3) is 4.20. The monoisotopic (exact) mass is 484 g/mol. The number of aromatic nitrogens is 4. The minimum absolute atomic E-state index is 0.0147. The number of imidazole rings is 1. The molecule has 1 saturated heterocycles. The summed E-state index contributed by atoms with van der Waals surface area (Å²) in [5.41, 5.74) is 5.68. The van der Waals surface area contributed by atoms with Crippen LogP contribution < -0.4 is 21.9 Å². The second-order valence-corrected chi connectivity index (χ2v) is 8.72. The van der Waals surface area contributed by atoms with Crippen LogP contribution in [0.2, 0.25) is 5.02 Å². The van der Waals surface area contributed by atoms with E-state index in [0.29, 0.717) is 12.5 Å². The molecule has 2 aromatic heterocycles. The highest BCUT2D eigenvalue weighted by molar-refractivity contribution is 6.31. The van der Waals surface area contributed by atoms with Crippen molar-refractivity contribution in [2.45, 2.75) is 38.9 Å². The molecule has 0 bridgehead atoms. The maximum absolute atomic E-state index is 13.6. The second kappa shape index (κ2) is 9.37. The van der Waals surface area contributed by atoms with Gasteiger partial charge in [0.25, 0.3) is 5.56 Å². The number of nitrogens with zero attached hydrogens (tertiary/aromatic N) is 5. The molecule has 3 heterocycles. The van der Waals surface area contributed by atoms with Crippen molar-refractivity contribution in [3.05, 3.63) is 55.2 Å². The molecule has 4 rings (SSSR count). The van der Waals surface area contributed by atoms with Crippen LogP contribution in [-0.2, 0) is 20.1 Å². The van der Waals surface area contributed by atoms with Gasteiger partial charge in [-0.3, -0.25) is 18.5 Å². The molecule has 3 N–H and O–H groups in total. The Balaban J connectivity index is 1.94. The molecular formula is C23H25ClN6O4. The number of aromatic carboxylic acids is 1. The zero-order valence-corrected chi connectivity index (χ0v) is 19.7. The van der Waals surface area contributed by atoms with Gasteiger partial charge in [-0.15, -0.1) is 5.92 Å². The second-order valence-electron chi connectivity index (χ2n) is 8.28. The minimum Gasteiger partial charge on any atom is -0.478 e. The number of carbonyl (C=O) groups is 1. The molecule has 0 aliphatic carbocycles. The minimum atomic E-state index is -1.20. The van der Waals surface area contributed by atoms with Crippen molar-refractivity contribution in [2.75, 3.05) is 18.0 Å². The smallest absolute Gasteiger partial charge is 0.336 e. The molecule has 0 radical (unpaired) electrons. The zero-order chi connectivity index (χ0) is 24.6. The standard InChI is InChI=1S/C23H25ClN6O4/c1-3-4-10-29-18-19(26-22(29)28-9-5-6-16(25)13-28)27(2)23(34)30(20(18)31)12-14-7-8-15(24)11-17(14)21(32)33/h7-8,11,16H,5-6,9-10,12-13,25H2,1-2H3,(H,32,33). The molecule has 10 nitrogen and oxygen atoms in total. The third-order valence-electron chi connectivity index (χ3n) is 6.00. The predicted molar refractivity (Wildman–Crippen MR) is 130 cm³/mol. The molecule has 1 unspecified atom stereocenters. The quantitative estimate of drug-likeness (QED) is 0.521. The molecule has 3 aromatic rings. The number of anilines is 1. The van der Waals surface area contributed by atoms with Crippen molar-refractivity contribution in [1.29, 1.82) is 0 Å². The Kier molecular flexibility index (Phi) is 6.50. The SMILES string of the molecule is CC#CCn1c(N2CCCC(N)C2)nc2c1c(=O)n(Cc1ccc(Cl)cc1C(=O)O)c(=O)n2C. The van der Waals surface area contributed by atoms with E-state index in [1.807, 2.05) is 4.90 Å². The molecule has 0 saturated carbocycles. The average molecular weight is 485 g/mol. The lowest BCUT2D eigenvalue weighted by molar-refractivity contribution is 0.0695. The number of fused-ring (bicyclic) bond motifs is 1. The van der Waals surface area contributed by atoms with Gasteiger partial charge in [-0.2, -0.15) is 4.98 Å². The van der Waals surface area contributed by atoms with Gasteiger partial charge in [0.15, 0.2) is 11.2 Å². The highest BCUT2D eigenvalue weighted by Gasteiger charge is 2.26. The van der Waals surface area contributed by atoms with Crippen molar-refractivity contribution in [3.63, 3.8) is 0 Å². The van der Waals surface area contributed by atoms with Crippen LogP contribution in [0.5, 0.6) is 0 Å². The summed E-state index contributed by atoms with van der Waals surface area (Å²) in [6.07, 6.45) is 1.80. The lowest BCUT2D eigenvalue weighted by Crippen LogP contribution is -2.44. The van der Waals surface area contributed by atoms with E-state index in [1.165, 1.54) is 29.8 Å². The Morgan fingerprint density at radius 3 is 2.76 bits per heavy atom. The van der Waals surface area contributed by atoms with Crippen LogP contribution in [0.3, 0.4) is 0 Å². The van der Waals surface area contributed by atoms with E-state index >= 15 is 0 Å². The molecule has 178 valence electrons. The lowest BCUT2D eigenvalue weighted by Gasteiger charge is -2.31.